The molecule has 7 aromatic carbocycles. The first-order chi connectivity index (χ1) is 23.3. The number of benzene rings is 7. The molecule has 4 nitrogen and oxygen atoms in total. The van der Waals surface area contributed by atoms with Gasteiger partial charge in [-0.15, -0.1) is 11.3 Å². The van der Waals surface area contributed by atoms with E-state index in [0.29, 0.717) is 11.7 Å². The third kappa shape index (κ3) is 3.41. The molecule has 0 saturated carbocycles. The van der Waals surface area contributed by atoms with Gasteiger partial charge in [-0.25, -0.2) is 4.98 Å². The van der Waals surface area contributed by atoms with E-state index in [-0.39, 0.29) is 0 Å². The van der Waals surface area contributed by atoms with E-state index < -0.39 is 0 Å². The normalized spacial score (nSPS) is 12.3. The molecule has 0 fully saturated rings. The van der Waals surface area contributed by atoms with E-state index in [1.165, 1.54) is 52.5 Å². The number of rotatable bonds is 2. The van der Waals surface area contributed by atoms with Gasteiger partial charge in [0, 0.05) is 47.3 Å². The highest BCUT2D eigenvalue weighted by atomic mass is 32.1. The summed E-state index contributed by atoms with van der Waals surface area (Å²) in [6.45, 7) is 0. The van der Waals surface area contributed by atoms with Gasteiger partial charge in [-0.3, -0.25) is 4.57 Å². The number of hydrogen-bond acceptors (Lipinski definition) is 4. The molecule has 0 atom stereocenters. The number of para-hydroxylation sites is 2. The van der Waals surface area contributed by atoms with E-state index >= 15 is 0 Å². The predicted octanol–water partition coefficient (Wildman–Crippen LogP) is 11.8. The molecular formula is C42H23N3OS. The fourth-order valence-corrected chi connectivity index (χ4v) is 8.83. The Bertz CT molecular complexity index is 3090. The molecule has 0 aliphatic carbocycles. The molecule has 11 rings (SSSR count). The Morgan fingerprint density at radius 2 is 1.23 bits per heavy atom. The van der Waals surface area contributed by atoms with Gasteiger partial charge in [0.1, 0.15) is 5.58 Å². The van der Waals surface area contributed by atoms with Crippen molar-refractivity contribution in [3.63, 3.8) is 0 Å². The van der Waals surface area contributed by atoms with Crippen molar-refractivity contribution in [2.45, 2.75) is 0 Å². The lowest BCUT2D eigenvalue weighted by Crippen LogP contribution is -2.03. The van der Waals surface area contributed by atoms with Crippen LogP contribution in [0.15, 0.2) is 144 Å². The van der Waals surface area contributed by atoms with Crippen LogP contribution in [0.3, 0.4) is 0 Å². The van der Waals surface area contributed by atoms with Crippen LogP contribution >= 0.6 is 11.3 Å². The maximum atomic E-state index is 6.52. The molecule has 0 amide bonds. The van der Waals surface area contributed by atoms with Gasteiger partial charge in [0.25, 0.3) is 0 Å². The minimum atomic E-state index is 0.581. The van der Waals surface area contributed by atoms with Crippen LogP contribution in [-0.2, 0) is 0 Å². The van der Waals surface area contributed by atoms with Gasteiger partial charge in [0.2, 0.25) is 11.7 Å². The first-order valence-corrected chi connectivity index (χ1v) is 16.6. The number of nitrogens with zero attached hydrogens (tertiary/aromatic N) is 3. The summed E-state index contributed by atoms with van der Waals surface area (Å²) in [7, 11) is 0. The maximum Gasteiger partial charge on any atom is 0.238 e. The molecule has 4 aromatic heterocycles. The second-order valence-electron chi connectivity index (χ2n) is 12.1. The SMILES string of the molecule is c1ccc2cc(-c3nc(-n4c5ccccc5c5c6ccccc6c6sc7ccccc7c6c54)nc4oc5ccccc5c34)ccc2c1. The quantitative estimate of drug-likeness (QED) is 0.194. The summed E-state index contributed by atoms with van der Waals surface area (Å²) in [4.78, 5) is 10.7. The Hall–Kier alpha value is -6.04. The van der Waals surface area contributed by atoms with E-state index in [2.05, 4.69) is 126 Å². The van der Waals surface area contributed by atoms with Crippen molar-refractivity contribution in [3.05, 3.63) is 140 Å². The summed E-state index contributed by atoms with van der Waals surface area (Å²) in [5.74, 6) is 0.595. The standard InChI is InChI=1S/C42H23N3OS/c1-2-12-25-23-26(22-21-24(25)11-1)38-36-30-16-6-9-19-33(30)46-41(36)44-42(43-38)45-32-18-8-5-15-29(32)35-27-13-3-4-14-28(27)40-37(39(35)45)31-17-7-10-20-34(31)47-40/h1-23H. The van der Waals surface area contributed by atoms with Gasteiger partial charge in [-0.1, -0.05) is 115 Å². The van der Waals surface area contributed by atoms with Crippen LogP contribution in [0.5, 0.6) is 0 Å². The van der Waals surface area contributed by atoms with Crippen LogP contribution < -0.4 is 0 Å². The Morgan fingerprint density at radius 1 is 0.532 bits per heavy atom. The zero-order valence-electron chi connectivity index (χ0n) is 24.9. The number of thiophene rings is 1. The van der Waals surface area contributed by atoms with E-state index in [0.717, 1.165) is 38.6 Å². The summed E-state index contributed by atoms with van der Waals surface area (Å²) in [5, 5.41) is 11.7. The molecule has 11 aromatic rings. The van der Waals surface area contributed by atoms with Crippen LogP contribution in [-0.4, -0.2) is 14.5 Å². The molecule has 47 heavy (non-hydrogen) atoms. The summed E-state index contributed by atoms with van der Waals surface area (Å²) in [6.07, 6.45) is 0. The number of hydrogen-bond donors (Lipinski definition) is 0. The van der Waals surface area contributed by atoms with Crippen LogP contribution in [0.2, 0.25) is 0 Å². The van der Waals surface area contributed by atoms with Gasteiger partial charge < -0.3 is 4.42 Å². The van der Waals surface area contributed by atoms with Crippen LogP contribution in [0, 0.1) is 0 Å². The highest BCUT2D eigenvalue weighted by Gasteiger charge is 2.25. The lowest BCUT2D eigenvalue weighted by Gasteiger charge is -2.11. The second kappa shape index (κ2) is 9.25. The molecular weight excluding hydrogens is 595 g/mol. The molecule has 5 heteroatoms. The predicted molar refractivity (Wildman–Crippen MR) is 197 cm³/mol. The summed E-state index contributed by atoms with van der Waals surface area (Å²) >= 11 is 1.85. The fourth-order valence-electron chi connectivity index (χ4n) is 7.58. The average Bonchev–Trinajstić information content (AvgIpc) is 3.81. The monoisotopic (exact) mass is 617 g/mol. The zero-order chi connectivity index (χ0) is 30.6. The van der Waals surface area contributed by atoms with Crippen molar-refractivity contribution in [1.82, 2.24) is 14.5 Å². The summed E-state index contributed by atoms with van der Waals surface area (Å²) in [5.41, 5.74) is 5.46. The first kappa shape index (κ1) is 25.2. The van der Waals surface area contributed by atoms with Crippen LogP contribution in [0.4, 0.5) is 0 Å². The summed E-state index contributed by atoms with van der Waals surface area (Å²) < 4.78 is 11.3. The Kier molecular flexibility index (Phi) is 4.96. The van der Waals surface area contributed by atoms with Crippen molar-refractivity contribution >= 4 is 96.9 Å². The molecule has 0 N–H and O–H groups in total. The van der Waals surface area contributed by atoms with Crippen molar-refractivity contribution in [1.29, 1.82) is 0 Å². The van der Waals surface area contributed by atoms with Crippen molar-refractivity contribution < 1.29 is 4.42 Å². The lowest BCUT2D eigenvalue weighted by molar-refractivity contribution is 0.651. The Balaban J connectivity index is 1.36. The zero-order valence-corrected chi connectivity index (χ0v) is 25.8. The van der Waals surface area contributed by atoms with Gasteiger partial charge >= 0.3 is 0 Å². The summed E-state index contributed by atoms with van der Waals surface area (Å²) in [6, 6.07) is 49.4. The van der Waals surface area contributed by atoms with Gasteiger partial charge in [0.05, 0.1) is 22.1 Å². The van der Waals surface area contributed by atoms with E-state index in [1.807, 2.05) is 29.5 Å². The topological polar surface area (TPSA) is 43.9 Å². The number of furan rings is 1. The van der Waals surface area contributed by atoms with Crippen molar-refractivity contribution in [3.8, 4) is 17.2 Å². The van der Waals surface area contributed by atoms with Gasteiger partial charge in [0.15, 0.2) is 0 Å². The van der Waals surface area contributed by atoms with Crippen LogP contribution in [0.25, 0.3) is 103 Å². The molecule has 0 spiro atoms. The molecule has 0 bridgehead atoms. The highest BCUT2D eigenvalue weighted by Crippen LogP contribution is 2.48. The second-order valence-corrected chi connectivity index (χ2v) is 13.2. The third-order valence-electron chi connectivity index (χ3n) is 9.60. The minimum Gasteiger partial charge on any atom is -0.437 e. The molecule has 0 radical (unpaired) electrons. The number of fused-ring (bicyclic) bond motifs is 14. The lowest BCUT2D eigenvalue weighted by atomic mass is 10.00. The molecule has 0 unspecified atom stereocenters. The Morgan fingerprint density at radius 3 is 2.13 bits per heavy atom. The third-order valence-corrected chi connectivity index (χ3v) is 10.8. The maximum absolute atomic E-state index is 6.52. The van der Waals surface area contributed by atoms with Gasteiger partial charge in [-0.2, -0.15) is 4.98 Å². The van der Waals surface area contributed by atoms with Crippen LogP contribution in [0.1, 0.15) is 0 Å². The van der Waals surface area contributed by atoms with E-state index in [9.17, 15) is 0 Å². The molecule has 0 aliphatic heterocycles. The average molecular weight is 618 g/mol. The van der Waals surface area contributed by atoms with Crippen molar-refractivity contribution in [2.75, 3.05) is 0 Å². The molecule has 218 valence electrons. The van der Waals surface area contributed by atoms with Crippen molar-refractivity contribution in [2.24, 2.45) is 0 Å². The van der Waals surface area contributed by atoms with Gasteiger partial charge in [-0.05, 0) is 40.4 Å². The molecule has 0 saturated heterocycles. The molecule has 4 heterocycles. The minimum absolute atomic E-state index is 0.581. The van der Waals surface area contributed by atoms with E-state index in [4.69, 9.17) is 14.4 Å². The Labute approximate surface area is 271 Å². The molecule has 0 aliphatic rings. The highest BCUT2D eigenvalue weighted by molar-refractivity contribution is 7.27. The largest absolute Gasteiger partial charge is 0.437 e. The fraction of sp³-hybridized carbons (Fsp3) is 0. The number of aromatic nitrogens is 3. The van der Waals surface area contributed by atoms with E-state index in [1.54, 1.807) is 0 Å². The smallest absolute Gasteiger partial charge is 0.238 e. The first-order valence-electron chi connectivity index (χ1n) is 15.8.